The van der Waals surface area contributed by atoms with Crippen molar-refractivity contribution in [2.45, 2.75) is 25.8 Å². The number of nitrogens with zero attached hydrogens (tertiary/aromatic N) is 1. The van der Waals surface area contributed by atoms with Crippen LogP contribution in [0, 0.1) is 11.7 Å². The Balaban J connectivity index is 2.13. The number of nitrogens with two attached hydrogens (primary N) is 1. The molecule has 1 fully saturated rings. The van der Waals surface area contributed by atoms with Gasteiger partial charge in [0.15, 0.2) is 0 Å². The summed E-state index contributed by atoms with van der Waals surface area (Å²) in [5, 5.41) is 0. The molecule has 0 bridgehead atoms. The monoisotopic (exact) mass is 266 g/mol. The second kappa shape index (κ2) is 6.35. The third kappa shape index (κ3) is 3.45. The fourth-order valence-corrected chi connectivity index (χ4v) is 2.75. The standard InChI is InChI=1S/C15H23FN2O/c1-11(17)15-13(16)6-3-7-14(15)18(2)9-12-5-4-8-19-10-12/h3,6-7,11-12H,4-5,8-10,17H2,1-2H3/t11-,12?/m1/s1. The van der Waals surface area contributed by atoms with Crippen LogP contribution in [0.25, 0.3) is 0 Å². The summed E-state index contributed by atoms with van der Waals surface area (Å²) in [5.74, 6) is 0.294. The van der Waals surface area contributed by atoms with Gasteiger partial charge in [0.05, 0.1) is 6.61 Å². The maximum Gasteiger partial charge on any atom is 0.130 e. The lowest BCUT2D eigenvalue weighted by molar-refractivity contribution is 0.0576. The van der Waals surface area contributed by atoms with E-state index in [-0.39, 0.29) is 11.9 Å². The average molecular weight is 266 g/mol. The van der Waals surface area contributed by atoms with E-state index >= 15 is 0 Å². The Morgan fingerprint density at radius 1 is 1.53 bits per heavy atom. The molecule has 0 spiro atoms. The van der Waals surface area contributed by atoms with Gasteiger partial charge < -0.3 is 15.4 Å². The molecule has 4 heteroatoms. The summed E-state index contributed by atoms with van der Waals surface area (Å²) in [4.78, 5) is 2.10. The maximum absolute atomic E-state index is 13.9. The summed E-state index contributed by atoms with van der Waals surface area (Å²) in [5.41, 5.74) is 7.38. The van der Waals surface area contributed by atoms with Gasteiger partial charge in [-0.15, -0.1) is 0 Å². The van der Waals surface area contributed by atoms with Gasteiger partial charge in [-0.25, -0.2) is 4.39 Å². The summed E-state index contributed by atoms with van der Waals surface area (Å²) in [7, 11) is 2.00. The maximum atomic E-state index is 13.9. The molecule has 2 N–H and O–H groups in total. The zero-order valence-electron chi connectivity index (χ0n) is 11.7. The zero-order valence-corrected chi connectivity index (χ0v) is 11.7. The van der Waals surface area contributed by atoms with E-state index in [1.165, 1.54) is 12.5 Å². The summed E-state index contributed by atoms with van der Waals surface area (Å²) < 4.78 is 19.4. The van der Waals surface area contributed by atoms with Crippen LogP contribution in [0.4, 0.5) is 10.1 Å². The van der Waals surface area contributed by atoms with Gasteiger partial charge in [-0.1, -0.05) is 6.07 Å². The Hall–Kier alpha value is -1.13. The molecule has 0 radical (unpaired) electrons. The Kier molecular flexibility index (Phi) is 4.77. The molecule has 1 aromatic rings. The lowest BCUT2D eigenvalue weighted by atomic mass is 10.00. The van der Waals surface area contributed by atoms with E-state index in [9.17, 15) is 4.39 Å². The van der Waals surface area contributed by atoms with Crippen LogP contribution in [-0.2, 0) is 4.74 Å². The molecule has 2 atom stereocenters. The second-order valence-electron chi connectivity index (χ2n) is 5.43. The fourth-order valence-electron chi connectivity index (χ4n) is 2.75. The topological polar surface area (TPSA) is 38.5 Å². The number of ether oxygens (including phenoxy) is 1. The molecule has 1 saturated heterocycles. The van der Waals surface area contributed by atoms with Crippen LogP contribution in [0.3, 0.4) is 0 Å². The summed E-state index contributed by atoms with van der Waals surface area (Å²) >= 11 is 0. The van der Waals surface area contributed by atoms with Gasteiger partial charge >= 0.3 is 0 Å². The van der Waals surface area contributed by atoms with Crippen LogP contribution in [0.1, 0.15) is 31.4 Å². The van der Waals surface area contributed by atoms with Crippen LogP contribution in [-0.4, -0.2) is 26.8 Å². The van der Waals surface area contributed by atoms with E-state index < -0.39 is 0 Å². The van der Waals surface area contributed by atoms with Crippen molar-refractivity contribution >= 4 is 5.69 Å². The molecule has 1 aromatic carbocycles. The summed E-state index contributed by atoms with van der Waals surface area (Å²) in [6.45, 7) is 4.36. The van der Waals surface area contributed by atoms with Crippen molar-refractivity contribution in [1.82, 2.24) is 0 Å². The van der Waals surface area contributed by atoms with Crippen molar-refractivity contribution in [3.63, 3.8) is 0 Å². The van der Waals surface area contributed by atoms with Gasteiger partial charge in [0, 0.05) is 37.5 Å². The molecular formula is C15H23FN2O. The normalized spacial score (nSPS) is 21.2. The fraction of sp³-hybridized carbons (Fsp3) is 0.600. The van der Waals surface area contributed by atoms with Crippen LogP contribution >= 0.6 is 0 Å². The molecule has 2 rings (SSSR count). The van der Waals surface area contributed by atoms with Crippen molar-refractivity contribution in [2.24, 2.45) is 11.7 Å². The first kappa shape index (κ1) is 14.3. The quantitative estimate of drug-likeness (QED) is 0.910. The van der Waals surface area contributed by atoms with Gasteiger partial charge in [0.1, 0.15) is 5.82 Å². The SMILES string of the molecule is C[C@@H](N)c1c(F)cccc1N(C)CC1CCCOC1. The second-order valence-corrected chi connectivity index (χ2v) is 5.43. The molecule has 0 saturated carbocycles. The highest BCUT2D eigenvalue weighted by Crippen LogP contribution is 2.28. The number of anilines is 1. The molecule has 19 heavy (non-hydrogen) atoms. The van der Waals surface area contributed by atoms with Crippen molar-refractivity contribution < 1.29 is 9.13 Å². The largest absolute Gasteiger partial charge is 0.381 e. The minimum absolute atomic E-state index is 0.223. The van der Waals surface area contributed by atoms with Crippen molar-refractivity contribution in [3.05, 3.63) is 29.6 Å². The van der Waals surface area contributed by atoms with E-state index in [4.69, 9.17) is 10.5 Å². The van der Waals surface area contributed by atoms with Gasteiger partial charge in [-0.05, 0) is 37.8 Å². The number of hydrogen-bond donors (Lipinski definition) is 1. The first-order chi connectivity index (χ1) is 9.09. The molecule has 1 aliphatic rings. The molecule has 1 unspecified atom stereocenters. The molecule has 0 aliphatic carbocycles. The van der Waals surface area contributed by atoms with Crippen LogP contribution < -0.4 is 10.6 Å². The van der Waals surface area contributed by atoms with E-state index in [0.29, 0.717) is 11.5 Å². The number of benzene rings is 1. The van der Waals surface area contributed by atoms with Crippen molar-refractivity contribution in [3.8, 4) is 0 Å². The van der Waals surface area contributed by atoms with Crippen LogP contribution in [0.5, 0.6) is 0 Å². The van der Waals surface area contributed by atoms with E-state index in [1.807, 2.05) is 20.0 Å². The predicted molar refractivity (Wildman–Crippen MR) is 75.8 cm³/mol. The van der Waals surface area contributed by atoms with Gasteiger partial charge in [0.25, 0.3) is 0 Å². The average Bonchev–Trinajstić information content (AvgIpc) is 2.39. The molecule has 0 aromatic heterocycles. The van der Waals surface area contributed by atoms with E-state index in [2.05, 4.69) is 4.90 Å². The Morgan fingerprint density at radius 2 is 2.32 bits per heavy atom. The molecule has 1 heterocycles. The van der Waals surface area contributed by atoms with E-state index in [0.717, 1.165) is 31.9 Å². The minimum Gasteiger partial charge on any atom is -0.381 e. The molecule has 106 valence electrons. The lowest BCUT2D eigenvalue weighted by Crippen LogP contribution is -2.32. The zero-order chi connectivity index (χ0) is 13.8. The number of rotatable bonds is 4. The highest BCUT2D eigenvalue weighted by Gasteiger charge is 2.20. The molecule has 1 aliphatic heterocycles. The smallest absolute Gasteiger partial charge is 0.130 e. The van der Waals surface area contributed by atoms with Crippen molar-refractivity contribution in [2.75, 3.05) is 31.7 Å². The highest BCUT2D eigenvalue weighted by atomic mass is 19.1. The third-order valence-corrected chi connectivity index (χ3v) is 3.68. The summed E-state index contributed by atoms with van der Waals surface area (Å²) in [6, 6.07) is 4.84. The van der Waals surface area contributed by atoms with Crippen LogP contribution in [0.2, 0.25) is 0 Å². The minimum atomic E-state index is -0.304. The molecule has 0 amide bonds. The van der Waals surface area contributed by atoms with E-state index in [1.54, 1.807) is 6.07 Å². The predicted octanol–water partition coefficient (Wildman–Crippen LogP) is 2.71. The Morgan fingerprint density at radius 3 is 2.95 bits per heavy atom. The highest BCUT2D eigenvalue weighted by molar-refractivity contribution is 5.55. The lowest BCUT2D eigenvalue weighted by Gasteiger charge is -2.30. The molecular weight excluding hydrogens is 243 g/mol. The van der Waals surface area contributed by atoms with Gasteiger partial charge in [-0.3, -0.25) is 0 Å². The first-order valence-corrected chi connectivity index (χ1v) is 6.92. The number of halogens is 1. The van der Waals surface area contributed by atoms with Gasteiger partial charge in [0.2, 0.25) is 0 Å². The summed E-state index contributed by atoms with van der Waals surface area (Å²) in [6.07, 6.45) is 2.29. The van der Waals surface area contributed by atoms with Crippen LogP contribution in [0.15, 0.2) is 18.2 Å². The first-order valence-electron chi connectivity index (χ1n) is 6.92. The Bertz CT molecular complexity index is 417. The van der Waals surface area contributed by atoms with Crippen molar-refractivity contribution in [1.29, 1.82) is 0 Å². The molecule has 3 nitrogen and oxygen atoms in total. The van der Waals surface area contributed by atoms with Gasteiger partial charge in [-0.2, -0.15) is 0 Å². The third-order valence-electron chi connectivity index (χ3n) is 3.68. The number of hydrogen-bond acceptors (Lipinski definition) is 3. The Labute approximate surface area is 114 Å².